The molecule has 2 aliphatic heterocycles. The molecule has 2 fully saturated rings. The van der Waals surface area contributed by atoms with Gasteiger partial charge in [-0.25, -0.2) is 4.79 Å². The quantitative estimate of drug-likeness (QED) is 0.716. The number of rotatable bonds is 2. The van der Waals surface area contributed by atoms with E-state index in [0.717, 1.165) is 12.8 Å². The van der Waals surface area contributed by atoms with Crippen molar-refractivity contribution in [3.8, 4) is 0 Å². The Labute approximate surface area is 112 Å². The third-order valence-corrected chi connectivity index (χ3v) is 3.83. The largest absolute Gasteiger partial charge is 0.450 e. The number of hydrogen-bond acceptors (Lipinski definition) is 3. The predicted octanol–water partition coefficient (Wildman–Crippen LogP) is 1.45. The molecular formula is C12H19ClN2O3. The van der Waals surface area contributed by atoms with Gasteiger partial charge in [-0.3, -0.25) is 4.79 Å². The minimum absolute atomic E-state index is 0.0550. The lowest BCUT2D eigenvalue weighted by Gasteiger charge is -2.36. The van der Waals surface area contributed by atoms with E-state index in [2.05, 4.69) is 0 Å². The van der Waals surface area contributed by atoms with Crippen molar-refractivity contribution < 1.29 is 14.3 Å². The number of amides is 2. The first kappa shape index (κ1) is 13.5. The van der Waals surface area contributed by atoms with Gasteiger partial charge in [0.2, 0.25) is 5.91 Å². The summed E-state index contributed by atoms with van der Waals surface area (Å²) in [5, 5.41) is -0.0550. The van der Waals surface area contributed by atoms with Crippen molar-refractivity contribution in [1.82, 2.24) is 9.80 Å². The van der Waals surface area contributed by atoms with Crippen LogP contribution in [-0.4, -0.2) is 59.5 Å². The van der Waals surface area contributed by atoms with Crippen molar-refractivity contribution in [2.75, 3.05) is 26.2 Å². The molecule has 0 aromatic carbocycles. The third kappa shape index (κ3) is 2.88. The molecule has 102 valence electrons. The number of ether oxygens (including phenoxy) is 1. The normalized spacial score (nSPS) is 25.7. The van der Waals surface area contributed by atoms with Crippen LogP contribution in [-0.2, 0) is 9.53 Å². The van der Waals surface area contributed by atoms with Crippen molar-refractivity contribution in [2.45, 2.75) is 37.6 Å². The Kier molecular flexibility index (Phi) is 4.32. The zero-order valence-corrected chi connectivity index (χ0v) is 11.4. The fraction of sp³-hybridized carbons (Fsp3) is 0.833. The van der Waals surface area contributed by atoms with Crippen LogP contribution in [0.3, 0.4) is 0 Å². The molecule has 2 amide bonds. The van der Waals surface area contributed by atoms with Crippen molar-refractivity contribution in [1.29, 1.82) is 0 Å². The Bertz CT molecular complexity index is 329. The summed E-state index contributed by atoms with van der Waals surface area (Å²) in [6.45, 7) is 4.15. The average molecular weight is 275 g/mol. The number of alkyl halides is 1. The Balaban J connectivity index is 1.83. The first-order valence-electron chi connectivity index (χ1n) is 6.47. The van der Waals surface area contributed by atoms with Gasteiger partial charge in [-0.15, -0.1) is 11.6 Å². The molecule has 1 unspecified atom stereocenters. The van der Waals surface area contributed by atoms with E-state index in [1.807, 2.05) is 4.90 Å². The zero-order chi connectivity index (χ0) is 13.1. The van der Waals surface area contributed by atoms with Gasteiger partial charge < -0.3 is 14.5 Å². The maximum Gasteiger partial charge on any atom is 0.409 e. The highest BCUT2D eigenvalue weighted by atomic mass is 35.5. The SMILES string of the molecule is CCOC(=O)N1CCC(N2CC(Cl)CC2=O)CC1. The van der Waals surface area contributed by atoms with Crippen molar-refractivity contribution in [3.63, 3.8) is 0 Å². The standard InChI is InChI=1S/C12H19ClN2O3/c1-2-18-12(17)14-5-3-10(4-6-14)15-8-9(13)7-11(15)16/h9-10H,2-8H2,1H3. The van der Waals surface area contributed by atoms with Crippen LogP contribution in [0.5, 0.6) is 0 Å². The van der Waals surface area contributed by atoms with Gasteiger partial charge in [0.1, 0.15) is 0 Å². The van der Waals surface area contributed by atoms with Gasteiger partial charge >= 0.3 is 6.09 Å². The Morgan fingerprint density at radius 1 is 1.44 bits per heavy atom. The molecule has 18 heavy (non-hydrogen) atoms. The van der Waals surface area contributed by atoms with Crippen LogP contribution in [0.2, 0.25) is 0 Å². The molecule has 2 rings (SSSR count). The molecule has 6 heteroatoms. The van der Waals surface area contributed by atoms with E-state index in [-0.39, 0.29) is 23.4 Å². The molecule has 0 aliphatic carbocycles. The molecule has 2 aliphatic rings. The molecule has 0 aromatic heterocycles. The van der Waals surface area contributed by atoms with Gasteiger partial charge in [0.05, 0.1) is 12.0 Å². The lowest BCUT2D eigenvalue weighted by atomic mass is 10.0. The van der Waals surface area contributed by atoms with Crippen molar-refractivity contribution in [2.24, 2.45) is 0 Å². The monoisotopic (exact) mass is 274 g/mol. The molecule has 0 spiro atoms. The maximum absolute atomic E-state index is 11.7. The number of hydrogen-bond donors (Lipinski definition) is 0. The van der Waals surface area contributed by atoms with Gasteiger partial charge in [0.15, 0.2) is 0 Å². The molecule has 0 bridgehead atoms. The minimum Gasteiger partial charge on any atom is -0.450 e. The highest BCUT2D eigenvalue weighted by molar-refractivity contribution is 6.22. The van der Waals surface area contributed by atoms with Crippen LogP contribution in [0.25, 0.3) is 0 Å². The number of halogens is 1. The van der Waals surface area contributed by atoms with Crippen LogP contribution in [0.1, 0.15) is 26.2 Å². The van der Waals surface area contributed by atoms with Gasteiger partial charge in [-0.05, 0) is 19.8 Å². The number of likely N-dealkylation sites (tertiary alicyclic amines) is 2. The van der Waals surface area contributed by atoms with Gasteiger partial charge in [-0.1, -0.05) is 0 Å². The topological polar surface area (TPSA) is 49.9 Å². The molecule has 0 N–H and O–H groups in total. The smallest absolute Gasteiger partial charge is 0.409 e. The van der Waals surface area contributed by atoms with E-state index in [9.17, 15) is 9.59 Å². The Hall–Kier alpha value is -0.970. The predicted molar refractivity (Wildman–Crippen MR) is 67.6 cm³/mol. The molecule has 0 radical (unpaired) electrons. The third-order valence-electron chi connectivity index (χ3n) is 3.54. The van der Waals surface area contributed by atoms with Gasteiger partial charge in [0, 0.05) is 32.1 Å². The summed E-state index contributed by atoms with van der Waals surface area (Å²) in [4.78, 5) is 26.9. The lowest BCUT2D eigenvalue weighted by Crippen LogP contribution is -2.47. The molecule has 0 saturated carbocycles. The summed E-state index contributed by atoms with van der Waals surface area (Å²) in [5.74, 6) is 0.143. The van der Waals surface area contributed by atoms with E-state index in [0.29, 0.717) is 32.7 Å². The summed E-state index contributed by atoms with van der Waals surface area (Å²) in [6.07, 6.45) is 1.82. The molecule has 2 heterocycles. The van der Waals surface area contributed by atoms with Crippen molar-refractivity contribution >= 4 is 23.6 Å². The lowest BCUT2D eigenvalue weighted by molar-refractivity contribution is -0.130. The molecule has 1 atom stereocenters. The highest BCUT2D eigenvalue weighted by Crippen LogP contribution is 2.24. The van der Waals surface area contributed by atoms with E-state index in [1.54, 1.807) is 11.8 Å². The summed E-state index contributed by atoms with van der Waals surface area (Å²) < 4.78 is 4.97. The summed E-state index contributed by atoms with van der Waals surface area (Å²) in [6, 6.07) is 0.229. The zero-order valence-electron chi connectivity index (χ0n) is 10.6. The van der Waals surface area contributed by atoms with Gasteiger partial charge in [0.25, 0.3) is 0 Å². The summed E-state index contributed by atoms with van der Waals surface area (Å²) in [7, 11) is 0. The van der Waals surface area contributed by atoms with Crippen LogP contribution < -0.4 is 0 Å². The molecular weight excluding hydrogens is 256 g/mol. The number of carbonyl (C=O) groups is 2. The fourth-order valence-electron chi connectivity index (χ4n) is 2.61. The molecule has 2 saturated heterocycles. The van der Waals surface area contributed by atoms with Crippen LogP contribution in [0, 0.1) is 0 Å². The van der Waals surface area contributed by atoms with Crippen LogP contribution in [0.4, 0.5) is 4.79 Å². The number of nitrogens with zero attached hydrogens (tertiary/aromatic N) is 2. The van der Waals surface area contributed by atoms with E-state index in [4.69, 9.17) is 16.3 Å². The van der Waals surface area contributed by atoms with E-state index >= 15 is 0 Å². The first-order valence-corrected chi connectivity index (χ1v) is 6.90. The fourth-order valence-corrected chi connectivity index (χ4v) is 2.89. The summed E-state index contributed by atoms with van der Waals surface area (Å²) >= 11 is 5.99. The number of piperidine rings is 1. The second-order valence-electron chi connectivity index (χ2n) is 4.76. The van der Waals surface area contributed by atoms with Crippen LogP contribution >= 0.6 is 11.6 Å². The number of carbonyl (C=O) groups excluding carboxylic acids is 2. The highest BCUT2D eigenvalue weighted by Gasteiger charge is 2.35. The Morgan fingerprint density at radius 3 is 2.61 bits per heavy atom. The maximum atomic E-state index is 11.7. The van der Waals surface area contributed by atoms with Crippen LogP contribution in [0.15, 0.2) is 0 Å². The summed E-state index contributed by atoms with van der Waals surface area (Å²) in [5.41, 5.74) is 0. The molecule has 5 nitrogen and oxygen atoms in total. The van der Waals surface area contributed by atoms with E-state index < -0.39 is 0 Å². The second-order valence-corrected chi connectivity index (χ2v) is 5.38. The first-order chi connectivity index (χ1) is 8.61. The minimum atomic E-state index is -0.251. The Morgan fingerprint density at radius 2 is 2.11 bits per heavy atom. The van der Waals surface area contributed by atoms with Crippen molar-refractivity contribution in [3.05, 3.63) is 0 Å². The van der Waals surface area contributed by atoms with Gasteiger partial charge in [-0.2, -0.15) is 0 Å². The average Bonchev–Trinajstić information content (AvgIpc) is 2.69. The van der Waals surface area contributed by atoms with E-state index in [1.165, 1.54) is 0 Å². The second kappa shape index (κ2) is 5.78. The molecule has 0 aromatic rings.